The van der Waals surface area contributed by atoms with Gasteiger partial charge in [0.25, 0.3) is 17.5 Å². The fraction of sp³-hybridized carbons (Fsp3) is 0.304. The lowest BCUT2D eigenvalue weighted by Crippen LogP contribution is -2.38. The molecule has 0 saturated heterocycles. The summed E-state index contributed by atoms with van der Waals surface area (Å²) in [4.78, 5) is 40.0. The van der Waals surface area contributed by atoms with Crippen molar-refractivity contribution in [1.82, 2.24) is 4.90 Å². The molecule has 2 aromatic carbocycles. The van der Waals surface area contributed by atoms with Crippen LogP contribution in [0, 0.1) is 10.1 Å². The van der Waals surface area contributed by atoms with Crippen LogP contribution in [0.3, 0.4) is 0 Å². The van der Waals surface area contributed by atoms with Crippen LogP contribution in [0.4, 0.5) is 17.1 Å². The highest BCUT2D eigenvalue weighted by Crippen LogP contribution is 2.32. The molecule has 0 saturated carbocycles. The Kier molecular flexibility index (Phi) is 6.39. The zero-order valence-corrected chi connectivity index (χ0v) is 18.1. The number of imide groups is 1. The molecule has 0 fully saturated rings. The fourth-order valence-electron chi connectivity index (χ4n) is 3.64. The number of nitro benzene ring substituents is 1. The average Bonchev–Trinajstić information content (AvgIpc) is 2.99. The Hall–Kier alpha value is -3.68. The number of carbonyl (C=O) groups excluding carboxylic acids is 2. The van der Waals surface area contributed by atoms with E-state index in [0.29, 0.717) is 11.3 Å². The van der Waals surface area contributed by atoms with Crippen LogP contribution in [0.15, 0.2) is 54.2 Å². The SMILES string of the molecule is CCN(CC)c1ccc(NC2=C(c3ccc([N+](=O)[O-])cc3)C(=O)N(C(C)C)C2=O)cc1. The smallest absolute Gasteiger partial charge is 0.278 e. The molecule has 0 atom stereocenters. The topological polar surface area (TPSA) is 95.8 Å². The maximum Gasteiger partial charge on any atom is 0.278 e. The van der Waals surface area contributed by atoms with Crippen molar-refractivity contribution in [2.45, 2.75) is 33.7 Å². The van der Waals surface area contributed by atoms with Crippen molar-refractivity contribution >= 4 is 34.4 Å². The molecule has 1 aliphatic heterocycles. The highest BCUT2D eigenvalue weighted by atomic mass is 16.6. The molecule has 1 heterocycles. The first-order chi connectivity index (χ1) is 14.8. The summed E-state index contributed by atoms with van der Waals surface area (Å²) in [7, 11) is 0. The van der Waals surface area contributed by atoms with Crippen LogP contribution in [0.25, 0.3) is 5.57 Å². The number of hydrogen-bond donors (Lipinski definition) is 1. The highest BCUT2D eigenvalue weighted by Gasteiger charge is 2.40. The molecule has 3 rings (SSSR count). The van der Waals surface area contributed by atoms with Crippen molar-refractivity contribution in [2.75, 3.05) is 23.3 Å². The maximum atomic E-state index is 13.1. The Labute approximate surface area is 181 Å². The predicted molar refractivity (Wildman–Crippen MR) is 121 cm³/mol. The second-order valence-electron chi connectivity index (χ2n) is 7.47. The van der Waals surface area contributed by atoms with E-state index in [4.69, 9.17) is 0 Å². The van der Waals surface area contributed by atoms with Gasteiger partial charge >= 0.3 is 0 Å². The van der Waals surface area contributed by atoms with Gasteiger partial charge in [-0.1, -0.05) is 0 Å². The largest absolute Gasteiger partial charge is 0.372 e. The summed E-state index contributed by atoms with van der Waals surface area (Å²) in [6.45, 7) is 9.47. The van der Waals surface area contributed by atoms with Gasteiger partial charge in [0, 0.05) is 42.6 Å². The Bertz CT molecular complexity index is 1020. The lowest BCUT2D eigenvalue weighted by molar-refractivity contribution is -0.384. The van der Waals surface area contributed by atoms with Crippen LogP contribution in [-0.2, 0) is 9.59 Å². The molecule has 162 valence electrons. The number of nitro groups is 1. The number of carbonyl (C=O) groups is 2. The van der Waals surface area contributed by atoms with Crippen molar-refractivity contribution in [3.05, 3.63) is 69.9 Å². The van der Waals surface area contributed by atoms with Crippen molar-refractivity contribution < 1.29 is 14.5 Å². The van der Waals surface area contributed by atoms with E-state index < -0.39 is 16.7 Å². The molecule has 2 amide bonds. The Morgan fingerprint density at radius 2 is 1.55 bits per heavy atom. The predicted octanol–water partition coefficient (Wildman–Crippen LogP) is 4.04. The van der Waals surface area contributed by atoms with E-state index in [1.807, 2.05) is 24.3 Å². The first-order valence-electron chi connectivity index (χ1n) is 10.3. The molecular formula is C23H26N4O4. The van der Waals surface area contributed by atoms with Crippen LogP contribution in [0.5, 0.6) is 0 Å². The molecule has 0 unspecified atom stereocenters. The van der Waals surface area contributed by atoms with Crippen LogP contribution in [0.2, 0.25) is 0 Å². The molecular weight excluding hydrogens is 396 g/mol. The van der Waals surface area contributed by atoms with Gasteiger partial charge < -0.3 is 10.2 Å². The lowest BCUT2D eigenvalue weighted by atomic mass is 10.0. The van der Waals surface area contributed by atoms with Crippen LogP contribution in [-0.4, -0.2) is 40.8 Å². The molecule has 2 aromatic rings. The third-order valence-corrected chi connectivity index (χ3v) is 5.26. The van der Waals surface area contributed by atoms with E-state index in [1.165, 1.54) is 29.2 Å². The van der Waals surface area contributed by atoms with Gasteiger partial charge in [-0.2, -0.15) is 0 Å². The minimum Gasteiger partial charge on any atom is -0.372 e. The van der Waals surface area contributed by atoms with E-state index in [9.17, 15) is 19.7 Å². The van der Waals surface area contributed by atoms with E-state index >= 15 is 0 Å². The number of amides is 2. The Morgan fingerprint density at radius 1 is 0.968 bits per heavy atom. The molecule has 1 aliphatic rings. The first kappa shape index (κ1) is 22.0. The van der Waals surface area contributed by atoms with Gasteiger partial charge in [-0.25, -0.2) is 0 Å². The minimum absolute atomic E-state index is 0.0802. The molecule has 0 spiro atoms. The number of hydrogen-bond acceptors (Lipinski definition) is 6. The van der Waals surface area contributed by atoms with Gasteiger partial charge in [-0.05, 0) is 69.7 Å². The molecule has 1 N–H and O–H groups in total. The van der Waals surface area contributed by atoms with Crippen LogP contribution >= 0.6 is 0 Å². The molecule has 0 bridgehead atoms. The summed E-state index contributed by atoms with van der Waals surface area (Å²) < 4.78 is 0. The molecule has 8 heteroatoms. The van der Waals surface area contributed by atoms with Crippen molar-refractivity contribution in [2.24, 2.45) is 0 Å². The van der Waals surface area contributed by atoms with Crippen molar-refractivity contribution in [3.63, 3.8) is 0 Å². The molecule has 31 heavy (non-hydrogen) atoms. The number of nitrogens with one attached hydrogen (secondary N) is 1. The summed E-state index contributed by atoms with van der Waals surface area (Å²) in [6.07, 6.45) is 0. The molecule has 8 nitrogen and oxygen atoms in total. The van der Waals surface area contributed by atoms with Crippen molar-refractivity contribution in [3.8, 4) is 0 Å². The second-order valence-corrected chi connectivity index (χ2v) is 7.47. The molecule has 0 aliphatic carbocycles. The maximum absolute atomic E-state index is 13.1. The van der Waals surface area contributed by atoms with E-state index in [2.05, 4.69) is 24.1 Å². The number of non-ortho nitro benzene ring substituents is 1. The third-order valence-electron chi connectivity index (χ3n) is 5.26. The summed E-state index contributed by atoms with van der Waals surface area (Å²) in [5, 5.41) is 14.1. The molecule has 0 radical (unpaired) electrons. The second kappa shape index (κ2) is 8.99. The zero-order valence-electron chi connectivity index (χ0n) is 18.1. The van der Waals surface area contributed by atoms with Crippen LogP contribution in [0.1, 0.15) is 33.3 Å². The van der Waals surface area contributed by atoms with Crippen molar-refractivity contribution in [1.29, 1.82) is 0 Å². The minimum atomic E-state index is -0.503. The Balaban J connectivity index is 2.00. The van der Waals surface area contributed by atoms with Gasteiger partial charge in [0.05, 0.1) is 10.5 Å². The summed E-state index contributed by atoms with van der Waals surface area (Å²) in [5.74, 6) is -0.836. The highest BCUT2D eigenvalue weighted by molar-refractivity contribution is 6.36. The average molecular weight is 422 g/mol. The number of nitrogens with zero attached hydrogens (tertiary/aromatic N) is 3. The molecule has 0 aromatic heterocycles. The van der Waals surface area contributed by atoms with Gasteiger partial charge in [-0.3, -0.25) is 24.6 Å². The van der Waals surface area contributed by atoms with Gasteiger partial charge in [-0.15, -0.1) is 0 Å². The number of rotatable bonds is 8. The monoisotopic (exact) mass is 422 g/mol. The summed E-state index contributed by atoms with van der Waals surface area (Å²) in [6, 6.07) is 13.0. The fourth-order valence-corrected chi connectivity index (χ4v) is 3.64. The van der Waals surface area contributed by atoms with E-state index in [-0.39, 0.29) is 23.0 Å². The van der Waals surface area contributed by atoms with E-state index in [1.54, 1.807) is 13.8 Å². The van der Waals surface area contributed by atoms with Gasteiger partial charge in [0.15, 0.2) is 0 Å². The summed E-state index contributed by atoms with van der Waals surface area (Å²) >= 11 is 0. The quantitative estimate of drug-likeness (QED) is 0.392. The summed E-state index contributed by atoms with van der Waals surface area (Å²) in [5.41, 5.74) is 2.50. The van der Waals surface area contributed by atoms with Gasteiger partial charge in [0.1, 0.15) is 5.70 Å². The zero-order chi connectivity index (χ0) is 22.7. The number of benzene rings is 2. The standard InChI is InChI=1S/C23H26N4O4/c1-5-25(6-2)18-13-9-17(10-14-18)24-21-20(22(28)26(15(3)4)23(21)29)16-7-11-19(12-8-16)27(30)31/h7-15,24H,5-6H2,1-4H3. The third kappa shape index (κ3) is 4.28. The lowest BCUT2D eigenvalue weighted by Gasteiger charge is -2.21. The number of anilines is 2. The van der Waals surface area contributed by atoms with Gasteiger partial charge in [0.2, 0.25) is 0 Å². The van der Waals surface area contributed by atoms with Crippen LogP contribution < -0.4 is 10.2 Å². The normalized spacial score (nSPS) is 13.9. The Morgan fingerprint density at radius 3 is 2.03 bits per heavy atom. The first-order valence-corrected chi connectivity index (χ1v) is 10.3. The van der Waals surface area contributed by atoms with E-state index in [0.717, 1.165) is 18.8 Å².